The van der Waals surface area contributed by atoms with E-state index in [4.69, 9.17) is 0 Å². The van der Waals surface area contributed by atoms with Gasteiger partial charge in [0, 0.05) is 61.6 Å². The smallest absolute Gasteiger partial charge is 0.0732 e. The Labute approximate surface area is 189 Å². The van der Waals surface area contributed by atoms with Gasteiger partial charge in [0.05, 0.1) is 6.04 Å². The summed E-state index contributed by atoms with van der Waals surface area (Å²) in [5.74, 6) is 0. The number of fused-ring (bicyclic) bond motifs is 3. The molecule has 2 aliphatic rings. The summed E-state index contributed by atoms with van der Waals surface area (Å²) in [4.78, 5) is 8.79. The van der Waals surface area contributed by atoms with Crippen molar-refractivity contribution in [2.24, 2.45) is 0 Å². The fourth-order valence-electron chi connectivity index (χ4n) is 5.40. The van der Waals surface area contributed by atoms with Crippen molar-refractivity contribution in [2.75, 3.05) is 37.6 Å². The number of anilines is 1. The van der Waals surface area contributed by atoms with Crippen LogP contribution in [-0.2, 0) is 13.0 Å². The van der Waals surface area contributed by atoms with E-state index in [-0.39, 0.29) is 6.04 Å². The average molecular weight is 423 g/mol. The van der Waals surface area contributed by atoms with Crippen LogP contribution in [0.3, 0.4) is 0 Å². The van der Waals surface area contributed by atoms with E-state index < -0.39 is 0 Å². The van der Waals surface area contributed by atoms with Crippen molar-refractivity contribution in [1.82, 2.24) is 15.2 Å². The lowest BCUT2D eigenvalue weighted by atomic mass is 9.93. The zero-order valence-electron chi connectivity index (χ0n) is 18.4. The van der Waals surface area contributed by atoms with E-state index in [0.717, 1.165) is 45.7 Å². The Balaban J connectivity index is 1.18. The molecule has 1 saturated heterocycles. The van der Waals surface area contributed by atoms with Crippen LogP contribution in [0, 0.1) is 0 Å². The summed E-state index contributed by atoms with van der Waals surface area (Å²) in [5.41, 5.74) is 8.17. The van der Waals surface area contributed by atoms with Gasteiger partial charge in [-0.05, 0) is 41.3 Å². The van der Waals surface area contributed by atoms with E-state index in [0.29, 0.717) is 0 Å². The van der Waals surface area contributed by atoms with Gasteiger partial charge in [-0.1, -0.05) is 60.7 Å². The number of nitrogens with zero attached hydrogens (tertiary/aromatic N) is 2. The monoisotopic (exact) mass is 422 g/mol. The second-order valence-electron chi connectivity index (χ2n) is 9.04. The molecule has 4 nitrogen and oxygen atoms in total. The lowest BCUT2D eigenvalue weighted by molar-refractivity contribution is 0.250. The van der Waals surface area contributed by atoms with Gasteiger partial charge in [-0.2, -0.15) is 0 Å². The summed E-state index contributed by atoms with van der Waals surface area (Å²) in [6.45, 7) is 6.42. The van der Waals surface area contributed by atoms with Gasteiger partial charge in [-0.3, -0.25) is 4.90 Å². The van der Waals surface area contributed by atoms with E-state index in [1.165, 1.54) is 39.0 Å². The van der Waals surface area contributed by atoms with E-state index in [1.54, 1.807) is 0 Å². The van der Waals surface area contributed by atoms with Crippen molar-refractivity contribution in [3.05, 3.63) is 101 Å². The Morgan fingerprint density at radius 1 is 0.812 bits per heavy atom. The van der Waals surface area contributed by atoms with Gasteiger partial charge < -0.3 is 15.2 Å². The van der Waals surface area contributed by atoms with E-state index in [9.17, 15) is 0 Å². The molecule has 1 fully saturated rings. The minimum absolute atomic E-state index is 0.237. The number of rotatable bonds is 4. The van der Waals surface area contributed by atoms with Crippen molar-refractivity contribution in [3.63, 3.8) is 0 Å². The Morgan fingerprint density at radius 2 is 1.62 bits per heavy atom. The largest absolute Gasteiger partial charge is 0.369 e. The molecule has 0 bridgehead atoms. The van der Waals surface area contributed by atoms with Crippen LogP contribution in [0.5, 0.6) is 0 Å². The normalized spacial score (nSPS) is 19.2. The van der Waals surface area contributed by atoms with Crippen molar-refractivity contribution in [1.29, 1.82) is 0 Å². The molecule has 2 N–H and O–H groups in total. The van der Waals surface area contributed by atoms with Crippen LogP contribution in [0.4, 0.5) is 5.69 Å². The Morgan fingerprint density at radius 3 is 2.50 bits per heavy atom. The summed E-state index contributed by atoms with van der Waals surface area (Å²) in [5, 5.41) is 5.13. The second-order valence-corrected chi connectivity index (χ2v) is 9.04. The number of aromatic amines is 1. The second kappa shape index (κ2) is 8.45. The molecule has 1 aromatic heterocycles. The van der Waals surface area contributed by atoms with Crippen molar-refractivity contribution in [3.8, 4) is 0 Å². The molecule has 2 aliphatic heterocycles. The maximum absolute atomic E-state index is 3.76. The molecule has 0 radical (unpaired) electrons. The molecule has 3 heterocycles. The van der Waals surface area contributed by atoms with Crippen molar-refractivity contribution >= 4 is 16.6 Å². The van der Waals surface area contributed by atoms with Gasteiger partial charge in [0.1, 0.15) is 0 Å². The number of para-hydroxylation sites is 2. The molecule has 0 saturated carbocycles. The van der Waals surface area contributed by atoms with Gasteiger partial charge in [-0.15, -0.1) is 0 Å². The molecule has 162 valence electrons. The fraction of sp³-hybridized carbons (Fsp3) is 0.286. The molecule has 6 rings (SSSR count). The Hall–Kier alpha value is -3.08. The lowest BCUT2D eigenvalue weighted by Gasteiger charge is -2.36. The quantitative estimate of drug-likeness (QED) is 0.499. The summed E-state index contributed by atoms with van der Waals surface area (Å²) < 4.78 is 0. The summed E-state index contributed by atoms with van der Waals surface area (Å²) in [6.07, 6.45) is 1.08. The zero-order valence-corrected chi connectivity index (χ0v) is 18.4. The molecule has 32 heavy (non-hydrogen) atoms. The standard InChI is InChI=1S/C28H30N4/c1-2-9-23(10-3-1)32-17-15-31(16-18-32)20-21-7-6-8-22(19-21)27-28-25(13-14-29-27)24-11-4-5-12-26(24)30-28/h1-12,19,27,29-30H,13-18,20H2. The molecule has 4 heteroatoms. The number of piperazine rings is 1. The highest BCUT2D eigenvalue weighted by Gasteiger charge is 2.25. The van der Waals surface area contributed by atoms with Gasteiger partial charge in [0.15, 0.2) is 0 Å². The number of hydrogen-bond donors (Lipinski definition) is 2. The van der Waals surface area contributed by atoms with Crippen molar-refractivity contribution < 1.29 is 0 Å². The van der Waals surface area contributed by atoms with Crippen LogP contribution in [0.2, 0.25) is 0 Å². The van der Waals surface area contributed by atoms with E-state index in [1.807, 2.05) is 0 Å². The minimum Gasteiger partial charge on any atom is -0.369 e. The third-order valence-electron chi connectivity index (χ3n) is 7.04. The third-order valence-corrected chi connectivity index (χ3v) is 7.04. The highest BCUT2D eigenvalue weighted by molar-refractivity contribution is 5.85. The molecule has 3 aromatic carbocycles. The fourth-order valence-corrected chi connectivity index (χ4v) is 5.40. The number of nitrogens with one attached hydrogen (secondary N) is 2. The molecular formula is C28H30N4. The van der Waals surface area contributed by atoms with E-state index >= 15 is 0 Å². The SMILES string of the molecule is c1ccc(N2CCN(Cc3cccc(C4NCCc5c4[nH]c4ccccc54)c3)CC2)cc1. The van der Waals surface area contributed by atoms with Crippen LogP contribution in [0.15, 0.2) is 78.9 Å². The van der Waals surface area contributed by atoms with Gasteiger partial charge in [-0.25, -0.2) is 0 Å². The number of hydrogen-bond acceptors (Lipinski definition) is 3. The van der Waals surface area contributed by atoms with Gasteiger partial charge >= 0.3 is 0 Å². The summed E-state index contributed by atoms with van der Waals surface area (Å²) in [6, 6.07) is 28.9. The predicted octanol–water partition coefficient (Wildman–Crippen LogP) is 4.73. The molecular weight excluding hydrogens is 392 g/mol. The Kier molecular flexibility index (Phi) is 5.18. The third kappa shape index (κ3) is 3.70. The van der Waals surface area contributed by atoms with Crippen LogP contribution < -0.4 is 10.2 Å². The molecule has 4 aromatic rings. The number of aromatic nitrogens is 1. The minimum atomic E-state index is 0.237. The zero-order chi connectivity index (χ0) is 21.3. The highest BCUT2D eigenvalue weighted by Crippen LogP contribution is 2.33. The summed E-state index contributed by atoms with van der Waals surface area (Å²) in [7, 11) is 0. The number of H-pyrrole nitrogens is 1. The van der Waals surface area contributed by atoms with Crippen LogP contribution in [-0.4, -0.2) is 42.6 Å². The van der Waals surface area contributed by atoms with Crippen LogP contribution in [0.1, 0.15) is 28.4 Å². The first kappa shape index (κ1) is 19.6. The molecule has 1 atom stereocenters. The molecule has 0 aliphatic carbocycles. The Bertz CT molecular complexity index is 1200. The van der Waals surface area contributed by atoms with Gasteiger partial charge in [0.25, 0.3) is 0 Å². The van der Waals surface area contributed by atoms with Crippen molar-refractivity contribution in [2.45, 2.75) is 19.0 Å². The van der Waals surface area contributed by atoms with Crippen LogP contribution in [0.25, 0.3) is 10.9 Å². The van der Waals surface area contributed by atoms with Gasteiger partial charge in [0.2, 0.25) is 0 Å². The lowest BCUT2D eigenvalue weighted by Crippen LogP contribution is -2.45. The molecule has 0 spiro atoms. The first-order valence-electron chi connectivity index (χ1n) is 11.8. The first-order valence-corrected chi connectivity index (χ1v) is 11.8. The summed E-state index contributed by atoms with van der Waals surface area (Å²) >= 11 is 0. The predicted molar refractivity (Wildman–Crippen MR) is 132 cm³/mol. The van der Waals surface area contributed by atoms with E-state index in [2.05, 4.69) is 99.0 Å². The average Bonchev–Trinajstić information content (AvgIpc) is 3.24. The highest BCUT2D eigenvalue weighted by atomic mass is 15.3. The topological polar surface area (TPSA) is 34.3 Å². The molecule has 1 unspecified atom stereocenters. The van der Waals surface area contributed by atoms with Crippen LogP contribution >= 0.6 is 0 Å². The first-order chi connectivity index (χ1) is 15.8. The maximum Gasteiger partial charge on any atom is 0.0732 e. The number of benzene rings is 3. The molecule has 0 amide bonds. The maximum atomic E-state index is 3.76.